The molecule has 0 amide bonds. The van der Waals surface area contributed by atoms with E-state index < -0.39 is 0 Å². The van der Waals surface area contributed by atoms with E-state index >= 15 is 0 Å². The molecule has 1 N–H and O–H groups in total. The summed E-state index contributed by atoms with van der Waals surface area (Å²) < 4.78 is 0. The Morgan fingerprint density at radius 2 is 1.85 bits per heavy atom. The highest BCUT2D eigenvalue weighted by Crippen LogP contribution is 2.32. The van der Waals surface area contributed by atoms with Crippen LogP contribution in [-0.4, -0.2) is 26.4 Å². The standard InChI is InChI=1S/C21H22ClN5/c22-18-7-4-16(5-8-18)15-27-12-2-1-3-19(27)17-6-9-20(25-13-17)26-21-14-23-10-11-24-21/h4-11,13-14,19H,1-3,12,15H2,(H,24,25,26). The molecule has 3 aromatic rings. The summed E-state index contributed by atoms with van der Waals surface area (Å²) >= 11 is 6.02. The van der Waals surface area contributed by atoms with Crippen LogP contribution in [0.15, 0.2) is 61.2 Å². The fourth-order valence-electron chi connectivity index (χ4n) is 3.55. The van der Waals surface area contributed by atoms with E-state index in [1.165, 1.54) is 24.0 Å². The maximum absolute atomic E-state index is 6.02. The van der Waals surface area contributed by atoms with Crippen molar-refractivity contribution in [2.24, 2.45) is 0 Å². The normalized spacial score (nSPS) is 17.6. The molecular weight excluding hydrogens is 358 g/mol. The first kappa shape index (κ1) is 17.9. The van der Waals surface area contributed by atoms with Gasteiger partial charge in [0.15, 0.2) is 0 Å². The molecule has 0 bridgehead atoms. The van der Waals surface area contributed by atoms with Crippen molar-refractivity contribution in [1.82, 2.24) is 19.9 Å². The van der Waals surface area contributed by atoms with Crippen molar-refractivity contribution < 1.29 is 0 Å². The van der Waals surface area contributed by atoms with Gasteiger partial charge in [-0.05, 0) is 48.7 Å². The van der Waals surface area contributed by atoms with Gasteiger partial charge in [0.1, 0.15) is 11.6 Å². The van der Waals surface area contributed by atoms with Crippen molar-refractivity contribution in [3.05, 3.63) is 77.3 Å². The van der Waals surface area contributed by atoms with E-state index in [2.05, 4.69) is 43.4 Å². The molecule has 138 valence electrons. The summed E-state index contributed by atoms with van der Waals surface area (Å²) in [6, 6.07) is 12.7. The van der Waals surface area contributed by atoms with Crippen LogP contribution in [0, 0.1) is 0 Å². The number of pyridine rings is 1. The molecule has 1 aromatic carbocycles. The molecule has 6 heteroatoms. The Morgan fingerprint density at radius 1 is 0.963 bits per heavy atom. The molecule has 1 atom stereocenters. The summed E-state index contributed by atoms with van der Waals surface area (Å²) in [5, 5.41) is 3.96. The van der Waals surface area contributed by atoms with Crippen molar-refractivity contribution in [2.75, 3.05) is 11.9 Å². The molecule has 0 spiro atoms. The van der Waals surface area contributed by atoms with Gasteiger partial charge in [-0.25, -0.2) is 9.97 Å². The van der Waals surface area contributed by atoms with Crippen LogP contribution in [0.25, 0.3) is 0 Å². The maximum atomic E-state index is 6.02. The number of likely N-dealkylation sites (tertiary alicyclic amines) is 1. The van der Waals surface area contributed by atoms with E-state index in [4.69, 9.17) is 11.6 Å². The minimum Gasteiger partial charge on any atom is -0.324 e. The van der Waals surface area contributed by atoms with Gasteiger partial charge in [0.25, 0.3) is 0 Å². The van der Waals surface area contributed by atoms with Crippen molar-refractivity contribution in [3.8, 4) is 0 Å². The predicted octanol–water partition coefficient (Wildman–Crippen LogP) is 5.00. The van der Waals surface area contributed by atoms with Crippen LogP contribution in [0.1, 0.15) is 36.4 Å². The van der Waals surface area contributed by atoms with Gasteiger partial charge < -0.3 is 5.32 Å². The molecule has 0 saturated carbocycles. The van der Waals surface area contributed by atoms with Crippen LogP contribution in [0.3, 0.4) is 0 Å². The second-order valence-corrected chi connectivity index (χ2v) is 7.24. The average Bonchev–Trinajstić information content (AvgIpc) is 2.72. The van der Waals surface area contributed by atoms with Gasteiger partial charge in [0.05, 0.1) is 6.20 Å². The Morgan fingerprint density at radius 3 is 2.59 bits per heavy atom. The SMILES string of the molecule is Clc1ccc(CN2CCCCC2c2ccc(Nc3cnccn3)nc2)cc1. The fourth-order valence-corrected chi connectivity index (χ4v) is 3.68. The van der Waals surface area contributed by atoms with Crippen LogP contribution in [0.5, 0.6) is 0 Å². The quantitative estimate of drug-likeness (QED) is 0.676. The monoisotopic (exact) mass is 379 g/mol. The maximum Gasteiger partial charge on any atom is 0.150 e. The van der Waals surface area contributed by atoms with Crippen molar-refractivity contribution in [1.29, 1.82) is 0 Å². The summed E-state index contributed by atoms with van der Waals surface area (Å²) in [5.41, 5.74) is 2.55. The van der Waals surface area contributed by atoms with Gasteiger partial charge in [0.2, 0.25) is 0 Å². The number of benzene rings is 1. The van der Waals surface area contributed by atoms with Gasteiger partial charge in [-0.1, -0.05) is 36.2 Å². The van der Waals surface area contributed by atoms with Crippen molar-refractivity contribution in [3.63, 3.8) is 0 Å². The molecule has 0 aliphatic carbocycles. The zero-order valence-electron chi connectivity index (χ0n) is 15.1. The second-order valence-electron chi connectivity index (χ2n) is 6.80. The lowest BCUT2D eigenvalue weighted by molar-refractivity contribution is 0.140. The Kier molecular flexibility index (Phi) is 5.61. The number of nitrogens with zero attached hydrogens (tertiary/aromatic N) is 4. The van der Waals surface area contributed by atoms with Gasteiger partial charge in [-0.15, -0.1) is 0 Å². The Bertz CT molecular complexity index is 852. The minimum absolute atomic E-state index is 0.396. The van der Waals surface area contributed by atoms with E-state index in [1.807, 2.05) is 24.4 Å². The molecule has 0 radical (unpaired) electrons. The summed E-state index contributed by atoms with van der Waals surface area (Å²) in [7, 11) is 0. The summed E-state index contributed by atoms with van der Waals surface area (Å²) in [6.45, 7) is 2.04. The molecule has 5 nitrogen and oxygen atoms in total. The number of piperidine rings is 1. The minimum atomic E-state index is 0.396. The highest BCUT2D eigenvalue weighted by atomic mass is 35.5. The number of hydrogen-bond acceptors (Lipinski definition) is 5. The largest absolute Gasteiger partial charge is 0.324 e. The molecule has 1 fully saturated rings. The number of hydrogen-bond donors (Lipinski definition) is 1. The zero-order chi connectivity index (χ0) is 18.5. The fraction of sp³-hybridized carbons (Fsp3) is 0.286. The molecular formula is C21H22ClN5. The molecule has 1 aliphatic rings. The second kappa shape index (κ2) is 8.46. The lowest BCUT2D eigenvalue weighted by Crippen LogP contribution is -2.33. The van der Waals surface area contributed by atoms with E-state index in [0.717, 1.165) is 30.4 Å². The van der Waals surface area contributed by atoms with Gasteiger partial charge >= 0.3 is 0 Å². The molecule has 4 rings (SSSR count). The number of rotatable bonds is 5. The molecule has 3 heterocycles. The molecule has 27 heavy (non-hydrogen) atoms. The van der Waals surface area contributed by atoms with E-state index in [-0.39, 0.29) is 0 Å². The summed E-state index contributed by atoms with van der Waals surface area (Å²) in [6.07, 6.45) is 10.6. The zero-order valence-corrected chi connectivity index (χ0v) is 15.8. The lowest BCUT2D eigenvalue weighted by Gasteiger charge is -2.36. The molecule has 1 saturated heterocycles. The van der Waals surface area contributed by atoms with E-state index in [0.29, 0.717) is 11.9 Å². The number of anilines is 2. The predicted molar refractivity (Wildman–Crippen MR) is 108 cm³/mol. The van der Waals surface area contributed by atoms with Gasteiger partial charge in [0, 0.05) is 36.2 Å². The Hall–Kier alpha value is -2.50. The summed E-state index contributed by atoms with van der Waals surface area (Å²) in [4.78, 5) is 15.4. The van der Waals surface area contributed by atoms with Crippen LogP contribution in [-0.2, 0) is 6.54 Å². The molecule has 1 unspecified atom stereocenters. The van der Waals surface area contributed by atoms with Crippen molar-refractivity contribution >= 4 is 23.2 Å². The van der Waals surface area contributed by atoms with Crippen LogP contribution in [0.4, 0.5) is 11.6 Å². The van der Waals surface area contributed by atoms with Crippen molar-refractivity contribution in [2.45, 2.75) is 31.8 Å². The van der Waals surface area contributed by atoms with Crippen LogP contribution >= 0.6 is 11.6 Å². The molecule has 2 aromatic heterocycles. The van der Waals surface area contributed by atoms with Crippen LogP contribution < -0.4 is 5.32 Å². The highest BCUT2D eigenvalue weighted by molar-refractivity contribution is 6.30. The molecule has 1 aliphatic heterocycles. The highest BCUT2D eigenvalue weighted by Gasteiger charge is 2.24. The first-order chi connectivity index (χ1) is 13.3. The van der Waals surface area contributed by atoms with E-state index in [1.54, 1.807) is 18.6 Å². The first-order valence-corrected chi connectivity index (χ1v) is 9.63. The third kappa shape index (κ3) is 4.62. The van der Waals surface area contributed by atoms with E-state index in [9.17, 15) is 0 Å². The third-order valence-electron chi connectivity index (χ3n) is 4.90. The Balaban J connectivity index is 1.47. The topological polar surface area (TPSA) is 53.9 Å². The number of aromatic nitrogens is 3. The number of halogens is 1. The lowest BCUT2D eigenvalue weighted by atomic mass is 9.95. The van der Waals surface area contributed by atoms with Crippen LogP contribution in [0.2, 0.25) is 5.02 Å². The number of nitrogens with one attached hydrogen (secondary N) is 1. The average molecular weight is 380 g/mol. The van der Waals surface area contributed by atoms with Gasteiger partial charge in [-0.2, -0.15) is 0 Å². The Labute approximate surface area is 164 Å². The van der Waals surface area contributed by atoms with Gasteiger partial charge in [-0.3, -0.25) is 9.88 Å². The summed E-state index contributed by atoms with van der Waals surface area (Å²) in [5.74, 6) is 1.47. The third-order valence-corrected chi connectivity index (χ3v) is 5.16. The smallest absolute Gasteiger partial charge is 0.150 e. The first-order valence-electron chi connectivity index (χ1n) is 9.25.